The Kier molecular flexibility index (Phi) is 4.39. The third-order valence-corrected chi connectivity index (χ3v) is 3.47. The van der Waals surface area contributed by atoms with Gasteiger partial charge in [0.25, 0.3) is 0 Å². The van der Waals surface area contributed by atoms with Crippen LogP contribution < -0.4 is 4.90 Å². The van der Waals surface area contributed by atoms with Crippen molar-refractivity contribution in [2.75, 3.05) is 24.7 Å². The van der Waals surface area contributed by atoms with Crippen molar-refractivity contribution in [2.24, 2.45) is 0 Å². The molecule has 3 atom stereocenters. The number of morpholine rings is 1. The highest BCUT2D eigenvalue weighted by Gasteiger charge is 2.28. The number of aliphatic hydroxyl groups excluding tert-OH is 2. The van der Waals surface area contributed by atoms with E-state index in [1.54, 1.807) is 19.1 Å². The highest BCUT2D eigenvalue weighted by Crippen LogP contribution is 2.31. The minimum atomic E-state index is -0.876. The van der Waals surface area contributed by atoms with E-state index < -0.39 is 11.9 Å². The van der Waals surface area contributed by atoms with Gasteiger partial charge in [0.1, 0.15) is 5.82 Å². The average molecular weight is 269 g/mol. The first-order valence-electron chi connectivity index (χ1n) is 6.50. The van der Waals surface area contributed by atoms with Gasteiger partial charge in [-0.1, -0.05) is 6.07 Å². The van der Waals surface area contributed by atoms with Gasteiger partial charge in [-0.2, -0.15) is 0 Å². The lowest BCUT2D eigenvalue weighted by atomic mass is 10.0. The number of hydrogen-bond acceptors (Lipinski definition) is 4. The highest BCUT2D eigenvalue weighted by atomic mass is 19.1. The predicted molar refractivity (Wildman–Crippen MR) is 70.7 cm³/mol. The number of benzene rings is 1. The lowest BCUT2D eigenvalue weighted by Gasteiger charge is -2.40. The predicted octanol–water partition coefficient (Wildman–Crippen LogP) is 1.46. The maximum Gasteiger partial charge on any atom is 0.131 e. The van der Waals surface area contributed by atoms with E-state index in [1.807, 2.05) is 11.8 Å². The molecule has 1 saturated heterocycles. The topological polar surface area (TPSA) is 52.9 Å². The van der Waals surface area contributed by atoms with Crippen molar-refractivity contribution >= 4 is 5.69 Å². The largest absolute Gasteiger partial charge is 0.394 e. The fourth-order valence-electron chi connectivity index (χ4n) is 2.45. The normalized spacial score (nSPS) is 25.4. The van der Waals surface area contributed by atoms with Crippen LogP contribution in [0.1, 0.15) is 25.5 Å². The molecule has 1 heterocycles. The smallest absolute Gasteiger partial charge is 0.131 e. The fraction of sp³-hybridized carbons (Fsp3) is 0.571. The van der Waals surface area contributed by atoms with Crippen LogP contribution in [0.25, 0.3) is 0 Å². The maximum atomic E-state index is 13.9. The number of anilines is 1. The minimum absolute atomic E-state index is 0.0669. The van der Waals surface area contributed by atoms with Crippen molar-refractivity contribution in [3.05, 3.63) is 29.6 Å². The Hall–Kier alpha value is -1.17. The van der Waals surface area contributed by atoms with Gasteiger partial charge in [-0.3, -0.25) is 0 Å². The average Bonchev–Trinajstić information content (AvgIpc) is 2.38. The zero-order valence-corrected chi connectivity index (χ0v) is 11.2. The van der Waals surface area contributed by atoms with Gasteiger partial charge in [0, 0.05) is 23.8 Å². The molecule has 3 unspecified atom stereocenters. The zero-order valence-electron chi connectivity index (χ0n) is 11.2. The SMILES string of the molecule is CC(O)c1c(F)cccc1N1CC(CO)OCC1C. The summed E-state index contributed by atoms with van der Waals surface area (Å²) >= 11 is 0. The summed E-state index contributed by atoms with van der Waals surface area (Å²) in [6, 6.07) is 4.84. The zero-order chi connectivity index (χ0) is 14.0. The van der Waals surface area contributed by atoms with Crippen LogP contribution in [0.5, 0.6) is 0 Å². The molecule has 0 spiro atoms. The molecule has 1 fully saturated rings. The number of rotatable bonds is 3. The Balaban J connectivity index is 2.37. The summed E-state index contributed by atoms with van der Waals surface area (Å²) in [6.07, 6.45) is -1.15. The first-order chi connectivity index (χ1) is 9.04. The second-order valence-electron chi connectivity index (χ2n) is 4.99. The van der Waals surface area contributed by atoms with Gasteiger partial charge in [0.05, 0.1) is 25.4 Å². The Morgan fingerprint density at radius 1 is 1.53 bits per heavy atom. The lowest BCUT2D eigenvalue weighted by Crippen LogP contribution is -2.50. The number of hydrogen-bond donors (Lipinski definition) is 2. The lowest BCUT2D eigenvalue weighted by molar-refractivity contribution is -0.0105. The molecule has 0 saturated carbocycles. The molecule has 0 aromatic heterocycles. The van der Waals surface area contributed by atoms with E-state index in [1.165, 1.54) is 6.07 Å². The molecule has 0 bridgehead atoms. The molecular formula is C14H20FNO3. The van der Waals surface area contributed by atoms with Crippen molar-refractivity contribution in [3.63, 3.8) is 0 Å². The Labute approximate surface area is 112 Å². The summed E-state index contributed by atoms with van der Waals surface area (Å²) in [4.78, 5) is 1.98. The van der Waals surface area contributed by atoms with Crippen LogP contribution in [0.4, 0.5) is 10.1 Å². The first kappa shape index (κ1) is 14.2. The van der Waals surface area contributed by atoms with E-state index in [0.717, 1.165) is 0 Å². The molecule has 0 aliphatic carbocycles. The summed E-state index contributed by atoms with van der Waals surface area (Å²) in [5.74, 6) is -0.410. The van der Waals surface area contributed by atoms with E-state index in [-0.39, 0.29) is 18.8 Å². The summed E-state index contributed by atoms with van der Waals surface area (Å²) in [6.45, 7) is 4.42. The van der Waals surface area contributed by atoms with Crippen LogP contribution in [-0.4, -0.2) is 42.1 Å². The van der Waals surface area contributed by atoms with Crippen LogP contribution in [0.3, 0.4) is 0 Å². The van der Waals surface area contributed by atoms with Crippen LogP contribution in [0.15, 0.2) is 18.2 Å². The second-order valence-corrected chi connectivity index (χ2v) is 4.99. The molecule has 4 nitrogen and oxygen atoms in total. The maximum absolute atomic E-state index is 13.9. The molecule has 0 amide bonds. The third-order valence-electron chi connectivity index (χ3n) is 3.47. The number of halogens is 1. The van der Waals surface area contributed by atoms with Gasteiger partial charge in [-0.05, 0) is 26.0 Å². The standard InChI is InChI=1S/C14H20FNO3/c1-9-8-19-11(7-17)6-16(9)13-5-3-4-12(15)14(13)10(2)18/h3-5,9-11,17-18H,6-8H2,1-2H3. The van der Waals surface area contributed by atoms with E-state index in [9.17, 15) is 14.6 Å². The highest BCUT2D eigenvalue weighted by molar-refractivity contribution is 5.56. The van der Waals surface area contributed by atoms with Gasteiger partial charge in [-0.25, -0.2) is 4.39 Å². The monoisotopic (exact) mass is 269 g/mol. The van der Waals surface area contributed by atoms with Crippen LogP contribution >= 0.6 is 0 Å². The summed E-state index contributed by atoms with van der Waals surface area (Å²) in [5, 5.41) is 19.0. The summed E-state index contributed by atoms with van der Waals surface area (Å²) < 4.78 is 19.4. The van der Waals surface area contributed by atoms with E-state index in [2.05, 4.69) is 0 Å². The minimum Gasteiger partial charge on any atom is -0.394 e. The fourth-order valence-corrected chi connectivity index (χ4v) is 2.45. The van der Waals surface area contributed by atoms with Gasteiger partial charge in [0.2, 0.25) is 0 Å². The van der Waals surface area contributed by atoms with E-state index in [0.29, 0.717) is 24.4 Å². The Morgan fingerprint density at radius 2 is 2.26 bits per heavy atom. The van der Waals surface area contributed by atoms with Gasteiger partial charge < -0.3 is 19.8 Å². The van der Waals surface area contributed by atoms with Crippen LogP contribution in [0, 0.1) is 5.82 Å². The third kappa shape index (κ3) is 2.88. The number of aliphatic hydroxyl groups is 2. The molecule has 1 aromatic carbocycles. The van der Waals surface area contributed by atoms with Gasteiger partial charge in [0.15, 0.2) is 0 Å². The van der Waals surface area contributed by atoms with Crippen molar-refractivity contribution in [1.82, 2.24) is 0 Å². The Morgan fingerprint density at radius 3 is 2.89 bits per heavy atom. The summed E-state index contributed by atoms with van der Waals surface area (Å²) in [7, 11) is 0. The Bertz CT molecular complexity index is 439. The molecule has 1 aliphatic heterocycles. The van der Waals surface area contributed by atoms with E-state index >= 15 is 0 Å². The van der Waals surface area contributed by atoms with Gasteiger partial charge >= 0.3 is 0 Å². The molecule has 5 heteroatoms. The van der Waals surface area contributed by atoms with Crippen LogP contribution in [-0.2, 0) is 4.74 Å². The van der Waals surface area contributed by atoms with Gasteiger partial charge in [-0.15, -0.1) is 0 Å². The first-order valence-corrected chi connectivity index (χ1v) is 6.50. The molecule has 0 radical (unpaired) electrons. The van der Waals surface area contributed by atoms with E-state index in [4.69, 9.17) is 4.74 Å². The summed E-state index contributed by atoms with van der Waals surface area (Å²) in [5.41, 5.74) is 0.970. The van der Waals surface area contributed by atoms with Crippen molar-refractivity contribution in [1.29, 1.82) is 0 Å². The number of nitrogens with zero attached hydrogens (tertiary/aromatic N) is 1. The molecule has 1 aromatic rings. The molecule has 2 N–H and O–H groups in total. The molecule has 106 valence electrons. The molecule has 19 heavy (non-hydrogen) atoms. The second kappa shape index (κ2) is 5.86. The van der Waals surface area contributed by atoms with Crippen molar-refractivity contribution in [3.8, 4) is 0 Å². The number of ether oxygens (including phenoxy) is 1. The molecule has 2 rings (SSSR count). The van der Waals surface area contributed by atoms with Crippen LogP contribution in [0.2, 0.25) is 0 Å². The quantitative estimate of drug-likeness (QED) is 0.872. The molecule has 1 aliphatic rings. The molecular weight excluding hydrogens is 249 g/mol. The van der Waals surface area contributed by atoms with Crippen molar-refractivity contribution < 1.29 is 19.3 Å². The van der Waals surface area contributed by atoms with Crippen molar-refractivity contribution in [2.45, 2.75) is 32.1 Å².